The van der Waals surface area contributed by atoms with Crippen molar-refractivity contribution >= 4 is 27.6 Å². The number of esters is 1. The summed E-state index contributed by atoms with van der Waals surface area (Å²) in [4.78, 5) is 35.1. The van der Waals surface area contributed by atoms with E-state index in [0.717, 1.165) is 0 Å². The monoisotopic (exact) mass is 475 g/mol. The Bertz CT molecular complexity index is 1160. The number of rotatable bonds is 7. The first kappa shape index (κ1) is 24.3. The number of amides is 1. The SMILES string of the molecule is COC(=O)c1ccccc1S(=O)(=O)N1CCC(C(=O)NC(C)c2cccc([N+](=O)[O-])c2)CC1. The lowest BCUT2D eigenvalue weighted by Gasteiger charge is -2.31. The van der Waals surface area contributed by atoms with Gasteiger partial charge >= 0.3 is 5.97 Å². The quantitative estimate of drug-likeness (QED) is 0.369. The number of methoxy groups -OCH3 is 1. The van der Waals surface area contributed by atoms with Crippen molar-refractivity contribution in [3.05, 3.63) is 69.8 Å². The summed E-state index contributed by atoms with van der Waals surface area (Å²) in [5.41, 5.74) is 0.516. The van der Waals surface area contributed by atoms with Gasteiger partial charge < -0.3 is 10.1 Å². The molecule has 1 unspecified atom stereocenters. The van der Waals surface area contributed by atoms with Gasteiger partial charge in [-0.15, -0.1) is 0 Å². The average molecular weight is 476 g/mol. The molecule has 3 rings (SSSR count). The Balaban J connectivity index is 1.65. The normalized spacial score (nSPS) is 16.1. The van der Waals surface area contributed by atoms with E-state index in [-0.39, 0.29) is 35.1 Å². The maximum Gasteiger partial charge on any atom is 0.339 e. The van der Waals surface area contributed by atoms with Crippen molar-refractivity contribution in [2.45, 2.75) is 30.7 Å². The molecule has 1 fully saturated rings. The van der Waals surface area contributed by atoms with E-state index in [2.05, 4.69) is 10.1 Å². The Morgan fingerprint density at radius 3 is 2.45 bits per heavy atom. The molecule has 0 aliphatic carbocycles. The van der Waals surface area contributed by atoms with Gasteiger partial charge in [-0.3, -0.25) is 14.9 Å². The molecule has 0 radical (unpaired) electrons. The number of hydrogen-bond donors (Lipinski definition) is 1. The summed E-state index contributed by atoms with van der Waals surface area (Å²) in [6.45, 7) is 1.99. The van der Waals surface area contributed by atoms with Crippen LogP contribution >= 0.6 is 0 Å². The standard InChI is InChI=1S/C22H25N3O7S/c1-15(17-6-5-7-18(14-17)25(28)29)23-21(26)16-10-12-24(13-11-16)33(30,31)20-9-4-3-8-19(20)22(27)32-2/h3-9,14-16H,10-13H2,1-2H3,(H,23,26). The number of nitro benzene ring substituents is 1. The Morgan fingerprint density at radius 1 is 1.15 bits per heavy atom. The van der Waals surface area contributed by atoms with E-state index in [0.29, 0.717) is 18.4 Å². The molecule has 11 heteroatoms. The van der Waals surface area contributed by atoms with Crippen LogP contribution in [0.5, 0.6) is 0 Å². The number of nitrogens with one attached hydrogen (secondary N) is 1. The number of ether oxygens (including phenoxy) is 1. The largest absolute Gasteiger partial charge is 0.465 e. The van der Waals surface area contributed by atoms with Crippen LogP contribution in [-0.4, -0.2) is 49.7 Å². The highest BCUT2D eigenvalue weighted by molar-refractivity contribution is 7.89. The Kier molecular flexibility index (Phi) is 7.44. The van der Waals surface area contributed by atoms with E-state index in [1.807, 2.05) is 0 Å². The minimum atomic E-state index is -3.94. The van der Waals surface area contributed by atoms with Gasteiger partial charge in [-0.25, -0.2) is 13.2 Å². The zero-order chi connectivity index (χ0) is 24.2. The molecule has 1 N–H and O–H groups in total. The average Bonchev–Trinajstić information content (AvgIpc) is 2.83. The number of piperidine rings is 1. The maximum atomic E-state index is 13.1. The van der Waals surface area contributed by atoms with Crippen molar-refractivity contribution in [3.63, 3.8) is 0 Å². The second kappa shape index (κ2) is 10.1. The molecule has 1 aliphatic rings. The summed E-state index contributed by atoms with van der Waals surface area (Å²) in [5.74, 6) is -1.37. The van der Waals surface area contributed by atoms with Crippen LogP contribution in [0.25, 0.3) is 0 Å². The Hall–Kier alpha value is -3.31. The van der Waals surface area contributed by atoms with Gasteiger partial charge in [0.2, 0.25) is 15.9 Å². The van der Waals surface area contributed by atoms with Crippen molar-refractivity contribution < 1.29 is 27.7 Å². The first-order chi connectivity index (χ1) is 15.6. The number of nitrogens with zero attached hydrogens (tertiary/aromatic N) is 2. The summed E-state index contributed by atoms with van der Waals surface area (Å²) >= 11 is 0. The van der Waals surface area contributed by atoms with Crippen molar-refractivity contribution in [2.24, 2.45) is 5.92 Å². The predicted molar refractivity (Wildman–Crippen MR) is 119 cm³/mol. The first-order valence-electron chi connectivity index (χ1n) is 10.4. The van der Waals surface area contributed by atoms with Crippen LogP contribution < -0.4 is 5.32 Å². The van der Waals surface area contributed by atoms with Gasteiger partial charge in [0.15, 0.2) is 0 Å². The smallest absolute Gasteiger partial charge is 0.339 e. The molecular weight excluding hydrogens is 450 g/mol. The summed E-state index contributed by atoms with van der Waals surface area (Å²) in [6.07, 6.45) is 0.625. The van der Waals surface area contributed by atoms with Crippen LogP contribution in [-0.2, 0) is 19.6 Å². The van der Waals surface area contributed by atoms with E-state index in [1.54, 1.807) is 25.1 Å². The summed E-state index contributed by atoms with van der Waals surface area (Å²) in [6, 6.07) is 11.5. The van der Waals surface area contributed by atoms with Crippen molar-refractivity contribution in [1.29, 1.82) is 0 Å². The van der Waals surface area contributed by atoms with Gasteiger partial charge in [0.05, 0.1) is 28.5 Å². The third-order valence-electron chi connectivity index (χ3n) is 5.67. The molecule has 0 spiro atoms. The number of hydrogen-bond acceptors (Lipinski definition) is 7. The topological polar surface area (TPSA) is 136 Å². The molecule has 2 aromatic carbocycles. The van der Waals surface area contributed by atoms with Gasteiger partial charge in [0.1, 0.15) is 0 Å². The van der Waals surface area contributed by atoms with E-state index < -0.39 is 32.9 Å². The molecule has 1 aliphatic heterocycles. The number of carbonyl (C=O) groups is 2. The Labute approximate surface area is 191 Å². The van der Waals surface area contributed by atoms with Crippen LogP contribution in [0.2, 0.25) is 0 Å². The van der Waals surface area contributed by atoms with Gasteiger partial charge in [0, 0.05) is 31.1 Å². The molecule has 1 heterocycles. The molecule has 176 valence electrons. The van der Waals surface area contributed by atoms with E-state index in [4.69, 9.17) is 0 Å². The highest BCUT2D eigenvalue weighted by Crippen LogP contribution is 2.27. The van der Waals surface area contributed by atoms with Gasteiger partial charge in [-0.05, 0) is 37.5 Å². The van der Waals surface area contributed by atoms with E-state index >= 15 is 0 Å². The van der Waals surface area contributed by atoms with Gasteiger partial charge in [-0.1, -0.05) is 24.3 Å². The highest BCUT2D eigenvalue weighted by atomic mass is 32.2. The molecule has 33 heavy (non-hydrogen) atoms. The summed E-state index contributed by atoms with van der Waals surface area (Å²) < 4.78 is 32.2. The number of carbonyl (C=O) groups excluding carboxylic acids is 2. The van der Waals surface area contributed by atoms with Crippen LogP contribution in [0.3, 0.4) is 0 Å². The highest BCUT2D eigenvalue weighted by Gasteiger charge is 2.34. The lowest BCUT2D eigenvalue weighted by atomic mass is 9.96. The summed E-state index contributed by atoms with van der Waals surface area (Å²) in [5, 5.41) is 13.8. The number of nitro groups is 1. The molecule has 1 amide bonds. The molecule has 0 saturated carbocycles. The van der Waals surface area contributed by atoms with Crippen LogP contribution in [0, 0.1) is 16.0 Å². The minimum Gasteiger partial charge on any atom is -0.465 e. The van der Waals surface area contributed by atoms with Gasteiger partial charge in [-0.2, -0.15) is 4.31 Å². The summed E-state index contributed by atoms with van der Waals surface area (Å²) in [7, 11) is -2.75. The van der Waals surface area contributed by atoms with Crippen LogP contribution in [0.15, 0.2) is 53.4 Å². The number of non-ortho nitro benzene ring substituents is 1. The van der Waals surface area contributed by atoms with Gasteiger partial charge in [0.25, 0.3) is 5.69 Å². The predicted octanol–water partition coefficient (Wildman–Crippen LogP) is 2.66. The Morgan fingerprint density at radius 2 is 1.82 bits per heavy atom. The van der Waals surface area contributed by atoms with Crippen molar-refractivity contribution in [3.8, 4) is 0 Å². The molecule has 0 aromatic heterocycles. The van der Waals surface area contributed by atoms with Crippen LogP contribution in [0.4, 0.5) is 5.69 Å². The second-order valence-electron chi connectivity index (χ2n) is 7.75. The van der Waals surface area contributed by atoms with E-state index in [9.17, 15) is 28.1 Å². The zero-order valence-corrected chi connectivity index (χ0v) is 19.1. The lowest BCUT2D eigenvalue weighted by Crippen LogP contribution is -2.43. The fourth-order valence-corrected chi connectivity index (χ4v) is 5.44. The fourth-order valence-electron chi connectivity index (χ4n) is 3.79. The minimum absolute atomic E-state index is 0.0364. The fraction of sp³-hybridized carbons (Fsp3) is 0.364. The molecule has 10 nitrogen and oxygen atoms in total. The van der Waals surface area contributed by atoms with Crippen molar-refractivity contribution in [1.82, 2.24) is 9.62 Å². The molecular formula is C22H25N3O7S. The third-order valence-corrected chi connectivity index (χ3v) is 7.63. The van der Waals surface area contributed by atoms with Crippen LogP contribution in [0.1, 0.15) is 41.7 Å². The molecule has 2 aromatic rings. The molecule has 1 atom stereocenters. The number of sulfonamides is 1. The van der Waals surface area contributed by atoms with Crippen molar-refractivity contribution in [2.75, 3.05) is 20.2 Å². The van der Waals surface area contributed by atoms with E-state index in [1.165, 1.54) is 41.7 Å². The lowest BCUT2D eigenvalue weighted by molar-refractivity contribution is -0.384. The first-order valence-corrected chi connectivity index (χ1v) is 11.8. The number of benzene rings is 2. The zero-order valence-electron chi connectivity index (χ0n) is 18.3. The second-order valence-corrected chi connectivity index (χ2v) is 9.65. The molecule has 1 saturated heterocycles. The third kappa shape index (κ3) is 5.37. The molecule has 0 bridgehead atoms. The maximum absolute atomic E-state index is 13.1.